The van der Waals surface area contributed by atoms with Crippen molar-refractivity contribution >= 4 is 48.4 Å². The Balaban J connectivity index is 1.98. The summed E-state index contributed by atoms with van der Waals surface area (Å²) in [6.45, 7) is -0.710. The Morgan fingerprint density at radius 3 is 2.36 bits per heavy atom. The Kier molecular flexibility index (Phi) is 7.68. The maximum absolute atomic E-state index is 11.7. The van der Waals surface area contributed by atoms with Gasteiger partial charge in [0.1, 0.15) is 34.9 Å². The third-order valence-electron chi connectivity index (χ3n) is 4.68. The minimum atomic E-state index is -5.04. The van der Waals surface area contributed by atoms with Crippen LogP contribution in [0.4, 0.5) is 0 Å². The van der Waals surface area contributed by atoms with Crippen molar-refractivity contribution in [3.63, 3.8) is 0 Å². The highest BCUT2D eigenvalue weighted by Gasteiger charge is 2.44. The van der Waals surface area contributed by atoms with E-state index in [-0.39, 0.29) is 22.5 Å². The van der Waals surface area contributed by atoms with Crippen LogP contribution in [0, 0.1) is 0 Å². The van der Waals surface area contributed by atoms with Crippen LogP contribution in [0.15, 0.2) is 35.6 Å². The van der Waals surface area contributed by atoms with Crippen molar-refractivity contribution < 1.29 is 55.4 Å². The fraction of sp³-hybridized carbons (Fsp3) is 0.438. The van der Waals surface area contributed by atoms with E-state index in [0.29, 0.717) is 21.1 Å². The largest absolute Gasteiger partial charge is 0.466 e. The van der Waals surface area contributed by atoms with Gasteiger partial charge in [0.25, 0.3) is 0 Å². The number of aliphatic hydroxyl groups excluding tert-OH is 4. The highest BCUT2D eigenvalue weighted by Crippen LogP contribution is 2.32. The molecule has 14 nitrogen and oxygen atoms in total. The van der Waals surface area contributed by atoms with Crippen molar-refractivity contribution in [2.75, 3.05) is 6.61 Å². The van der Waals surface area contributed by atoms with Gasteiger partial charge in [0.05, 0.1) is 12.1 Å². The second-order valence-electron chi connectivity index (χ2n) is 6.92. The first-order chi connectivity index (χ1) is 15.3. The second-order valence-corrected chi connectivity index (χ2v) is 10.4. The number of hydrogen-bond donors (Lipinski definition) is 6. The molecule has 0 saturated carbocycles. The standard InChI is InChI=1S/C16H20N2O12S3/c19-7-11-13(20)14(21)15(22)16(29-11)31-12(17-30-33(26,27)28)5-8-6-18(32(23,24)25)10-4-2-1-3-9(8)10/h1-4,6,11,13-16,19-22H,5,7H2,(H,23,24,25)(H,26,27,28)/t11-,13+,14+,15-,16+/m1/s1. The molecule has 1 aliphatic rings. The summed E-state index contributed by atoms with van der Waals surface area (Å²) in [6.07, 6.45) is -5.61. The number of aromatic nitrogens is 1. The molecule has 33 heavy (non-hydrogen) atoms. The number of rotatable bonds is 7. The van der Waals surface area contributed by atoms with E-state index in [1.165, 1.54) is 18.2 Å². The number of ether oxygens (including phenoxy) is 1. The van der Waals surface area contributed by atoms with Gasteiger partial charge >= 0.3 is 20.7 Å². The minimum Gasteiger partial charge on any atom is -0.394 e. The maximum atomic E-state index is 11.7. The van der Waals surface area contributed by atoms with Gasteiger partial charge in [-0.2, -0.15) is 16.8 Å². The predicted octanol–water partition coefficient (Wildman–Crippen LogP) is -1.50. The molecule has 2 aromatic rings. The SMILES string of the molecule is O=S(=O)(O)ON=C(Cc1cn(S(=O)(=O)O)c2ccccc12)S[C@@H]1O[C@H](CO)[C@H](O)[C@H](O)[C@H]1O. The zero-order chi connectivity index (χ0) is 24.6. The quantitative estimate of drug-likeness (QED) is 0.104. The number of nitrogens with zero attached hydrogens (tertiary/aromatic N) is 2. The number of para-hydroxylation sites is 1. The lowest BCUT2D eigenvalue weighted by Gasteiger charge is -2.39. The van der Waals surface area contributed by atoms with Crippen LogP contribution >= 0.6 is 11.8 Å². The van der Waals surface area contributed by atoms with Gasteiger partial charge in [-0.05, 0) is 11.6 Å². The molecule has 0 aliphatic carbocycles. The van der Waals surface area contributed by atoms with Gasteiger partial charge < -0.3 is 25.2 Å². The zero-order valence-corrected chi connectivity index (χ0v) is 18.9. The lowest BCUT2D eigenvalue weighted by atomic mass is 10.0. The van der Waals surface area contributed by atoms with Crippen LogP contribution in [-0.4, -0.2) is 91.8 Å². The molecule has 0 bridgehead atoms. The summed E-state index contributed by atoms with van der Waals surface area (Å²) in [7, 11) is -9.73. The van der Waals surface area contributed by atoms with E-state index in [0.717, 1.165) is 6.20 Å². The number of benzene rings is 1. The number of aliphatic hydroxyl groups is 4. The van der Waals surface area contributed by atoms with Crippen molar-refractivity contribution in [1.82, 2.24) is 3.97 Å². The van der Waals surface area contributed by atoms with Crippen LogP contribution in [-0.2, 0) is 36.1 Å². The minimum absolute atomic E-state index is 0.0999. The molecular weight excluding hydrogens is 508 g/mol. The predicted molar refractivity (Wildman–Crippen MR) is 114 cm³/mol. The summed E-state index contributed by atoms with van der Waals surface area (Å²) < 4.78 is 73.8. The Labute approximate surface area is 191 Å². The van der Waals surface area contributed by atoms with Gasteiger partial charge in [-0.25, -0.2) is 8.26 Å². The van der Waals surface area contributed by atoms with E-state index in [9.17, 15) is 41.8 Å². The van der Waals surface area contributed by atoms with Crippen LogP contribution in [0.3, 0.4) is 0 Å². The van der Waals surface area contributed by atoms with E-state index in [2.05, 4.69) is 9.44 Å². The summed E-state index contributed by atoms with van der Waals surface area (Å²) in [4.78, 5) is 0. The lowest BCUT2D eigenvalue weighted by molar-refractivity contribution is -0.205. The summed E-state index contributed by atoms with van der Waals surface area (Å²) in [6, 6.07) is 6.03. The third kappa shape index (κ3) is 6.01. The third-order valence-corrected chi connectivity index (χ3v) is 6.86. The summed E-state index contributed by atoms with van der Waals surface area (Å²) >= 11 is 0.533. The second kappa shape index (κ2) is 9.82. The van der Waals surface area contributed by atoms with E-state index in [4.69, 9.17) is 9.29 Å². The Bertz CT molecular complexity index is 1240. The molecule has 1 aliphatic heterocycles. The molecule has 0 radical (unpaired) electrons. The summed E-state index contributed by atoms with van der Waals surface area (Å²) in [5.41, 5.74) is -1.06. The molecule has 2 heterocycles. The molecule has 0 spiro atoms. The summed E-state index contributed by atoms with van der Waals surface area (Å²) in [5, 5.41) is 42.8. The number of fused-ring (bicyclic) bond motifs is 1. The van der Waals surface area contributed by atoms with Crippen molar-refractivity contribution in [1.29, 1.82) is 0 Å². The van der Waals surface area contributed by atoms with Gasteiger partial charge in [-0.1, -0.05) is 35.1 Å². The molecule has 1 aromatic carbocycles. The first-order valence-electron chi connectivity index (χ1n) is 9.09. The molecular formula is C16H20N2O12S3. The van der Waals surface area contributed by atoms with E-state index >= 15 is 0 Å². The topological polar surface area (TPSA) is 225 Å². The Morgan fingerprint density at radius 2 is 1.76 bits per heavy atom. The first-order valence-corrected chi connectivity index (χ1v) is 12.7. The van der Waals surface area contributed by atoms with Gasteiger partial charge in [0.2, 0.25) is 0 Å². The van der Waals surface area contributed by atoms with E-state index in [1.807, 2.05) is 0 Å². The molecule has 1 fully saturated rings. The number of thioether (sulfide) groups is 1. The monoisotopic (exact) mass is 528 g/mol. The van der Waals surface area contributed by atoms with Gasteiger partial charge in [-0.3, -0.25) is 9.11 Å². The molecule has 6 N–H and O–H groups in total. The smallest absolute Gasteiger partial charge is 0.394 e. The molecule has 1 saturated heterocycles. The normalized spacial score (nSPS) is 27.1. The first kappa shape index (κ1) is 25.8. The van der Waals surface area contributed by atoms with Crippen molar-refractivity contribution in [2.24, 2.45) is 5.16 Å². The molecule has 17 heteroatoms. The maximum Gasteiger partial charge on any atom is 0.466 e. The van der Waals surface area contributed by atoms with Crippen LogP contribution in [0.1, 0.15) is 5.56 Å². The van der Waals surface area contributed by atoms with E-state index in [1.54, 1.807) is 6.07 Å². The molecule has 0 amide bonds. The van der Waals surface area contributed by atoms with Crippen LogP contribution in [0.2, 0.25) is 0 Å². The zero-order valence-electron chi connectivity index (χ0n) is 16.4. The van der Waals surface area contributed by atoms with Crippen LogP contribution in [0.5, 0.6) is 0 Å². The van der Waals surface area contributed by atoms with Crippen LogP contribution < -0.4 is 0 Å². The van der Waals surface area contributed by atoms with Gasteiger partial charge in [-0.15, -0.1) is 0 Å². The van der Waals surface area contributed by atoms with Crippen molar-refractivity contribution in [3.8, 4) is 0 Å². The van der Waals surface area contributed by atoms with Gasteiger partial charge in [0, 0.05) is 18.0 Å². The fourth-order valence-corrected chi connectivity index (χ4v) is 5.18. The molecule has 3 rings (SSSR count). The fourth-order valence-electron chi connectivity index (χ4n) is 3.20. The average Bonchev–Trinajstić information content (AvgIpc) is 3.11. The Hall–Kier alpha value is -1.80. The van der Waals surface area contributed by atoms with Crippen LogP contribution in [0.25, 0.3) is 10.9 Å². The lowest BCUT2D eigenvalue weighted by Crippen LogP contribution is -2.57. The molecule has 1 aromatic heterocycles. The molecule has 5 atom stereocenters. The molecule has 0 unspecified atom stereocenters. The highest BCUT2D eigenvalue weighted by molar-refractivity contribution is 8.14. The van der Waals surface area contributed by atoms with Crippen molar-refractivity contribution in [3.05, 3.63) is 36.0 Å². The van der Waals surface area contributed by atoms with E-state index < -0.39 is 57.2 Å². The number of hydrogen-bond acceptors (Lipinski definition) is 12. The molecule has 184 valence electrons. The van der Waals surface area contributed by atoms with Crippen molar-refractivity contribution in [2.45, 2.75) is 36.3 Å². The Morgan fingerprint density at radius 1 is 1.09 bits per heavy atom. The summed E-state index contributed by atoms with van der Waals surface area (Å²) in [5.74, 6) is 0. The number of oxime groups is 1. The average molecular weight is 529 g/mol. The highest BCUT2D eigenvalue weighted by atomic mass is 32.3. The van der Waals surface area contributed by atoms with Gasteiger partial charge in [0.15, 0.2) is 0 Å².